The number of carbonyl (C=O) groups is 4. The maximum absolute atomic E-state index is 12.9. The predicted molar refractivity (Wildman–Crippen MR) is 111 cm³/mol. The van der Waals surface area contributed by atoms with Crippen LogP contribution in [-0.2, 0) is 24.1 Å². The lowest BCUT2D eigenvalue weighted by Crippen LogP contribution is -2.50. The molecule has 2 bridgehead atoms. The summed E-state index contributed by atoms with van der Waals surface area (Å²) < 4.78 is 0. The van der Waals surface area contributed by atoms with Crippen LogP contribution in [0.3, 0.4) is 0 Å². The second-order valence-corrected chi connectivity index (χ2v) is 8.81. The van der Waals surface area contributed by atoms with Gasteiger partial charge in [-0.15, -0.1) is 5.06 Å². The molecule has 0 spiro atoms. The van der Waals surface area contributed by atoms with Gasteiger partial charge in [0.15, 0.2) is 0 Å². The summed E-state index contributed by atoms with van der Waals surface area (Å²) in [6.07, 6.45) is 7.60. The van der Waals surface area contributed by atoms with E-state index in [1.54, 1.807) is 6.92 Å². The number of urea groups is 1. The number of hydroxylamine groups is 4. The lowest BCUT2D eigenvalue weighted by Gasteiger charge is -2.30. The number of allylic oxidation sites excluding steroid dienone is 2. The van der Waals surface area contributed by atoms with E-state index < -0.39 is 29.7 Å². The van der Waals surface area contributed by atoms with E-state index in [1.165, 1.54) is 16.9 Å². The number of nitrogens with zero attached hydrogens (tertiary/aromatic N) is 3. The Labute approximate surface area is 183 Å². The first-order chi connectivity index (χ1) is 14.7. The molecular weight excluding hydrogens is 402 g/mol. The number of unbranched alkanes of at least 4 members (excludes halogenated alkanes) is 1. The highest BCUT2D eigenvalue weighted by molar-refractivity contribution is 5.96. The predicted octanol–water partition coefficient (Wildman–Crippen LogP) is 2.67. The molecule has 2 aliphatic heterocycles. The molecule has 3 aliphatic rings. The SMILES string of the molecule is CCCCON1C(=O)N2CC1CC[C@H]2C(=O)ON(C(C)=O)C(=O)C(C)[C@@H]1C=C[C@H](C)C1. The summed E-state index contributed by atoms with van der Waals surface area (Å²) in [5.41, 5.74) is 0. The van der Waals surface area contributed by atoms with E-state index in [2.05, 4.69) is 6.92 Å². The third-order valence-electron chi connectivity index (χ3n) is 6.35. The summed E-state index contributed by atoms with van der Waals surface area (Å²) in [5.74, 6) is -2.11. The Morgan fingerprint density at radius 1 is 1.26 bits per heavy atom. The van der Waals surface area contributed by atoms with Crippen LogP contribution < -0.4 is 0 Å². The van der Waals surface area contributed by atoms with Gasteiger partial charge in [-0.25, -0.2) is 9.59 Å². The maximum Gasteiger partial charge on any atom is 0.355 e. The van der Waals surface area contributed by atoms with Crippen molar-refractivity contribution in [1.29, 1.82) is 0 Å². The van der Waals surface area contributed by atoms with Gasteiger partial charge < -0.3 is 9.74 Å². The van der Waals surface area contributed by atoms with E-state index in [0.29, 0.717) is 37.0 Å². The lowest BCUT2D eigenvalue weighted by molar-refractivity contribution is -0.207. The highest BCUT2D eigenvalue weighted by atomic mass is 16.7. The maximum atomic E-state index is 12.9. The summed E-state index contributed by atoms with van der Waals surface area (Å²) in [5, 5.41) is 1.92. The highest BCUT2D eigenvalue weighted by Crippen LogP contribution is 2.32. The Kier molecular flexibility index (Phi) is 7.35. The molecule has 0 aromatic rings. The first kappa shape index (κ1) is 23.2. The molecule has 3 rings (SSSR count). The minimum atomic E-state index is -0.847. The molecule has 2 saturated heterocycles. The molecule has 5 atom stereocenters. The molecule has 0 N–H and O–H groups in total. The molecule has 0 radical (unpaired) electrons. The summed E-state index contributed by atoms with van der Waals surface area (Å²) in [7, 11) is 0. The summed E-state index contributed by atoms with van der Waals surface area (Å²) in [6, 6.07) is -1.32. The Balaban J connectivity index is 1.63. The normalized spacial score (nSPS) is 28.1. The Morgan fingerprint density at radius 2 is 2.00 bits per heavy atom. The molecule has 1 aliphatic carbocycles. The molecule has 2 fully saturated rings. The first-order valence-corrected chi connectivity index (χ1v) is 11.2. The molecule has 2 unspecified atom stereocenters. The zero-order valence-corrected chi connectivity index (χ0v) is 18.8. The van der Waals surface area contributed by atoms with Crippen molar-refractivity contribution in [3.05, 3.63) is 12.2 Å². The fourth-order valence-corrected chi connectivity index (χ4v) is 4.42. The van der Waals surface area contributed by atoms with Crippen molar-refractivity contribution < 1.29 is 28.9 Å². The molecule has 9 nitrogen and oxygen atoms in total. The van der Waals surface area contributed by atoms with E-state index in [-0.39, 0.29) is 18.0 Å². The molecule has 9 heteroatoms. The van der Waals surface area contributed by atoms with E-state index >= 15 is 0 Å². The van der Waals surface area contributed by atoms with E-state index in [1.807, 2.05) is 19.1 Å². The number of hydrogen-bond donors (Lipinski definition) is 0. The average molecular weight is 436 g/mol. The molecule has 4 amide bonds. The van der Waals surface area contributed by atoms with Crippen LogP contribution >= 0.6 is 0 Å². The minimum absolute atomic E-state index is 0.00696. The van der Waals surface area contributed by atoms with Gasteiger partial charge in [0.25, 0.3) is 11.8 Å². The Morgan fingerprint density at radius 3 is 2.61 bits per heavy atom. The highest BCUT2D eigenvalue weighted by Gasteiger charge is 2.49. The number of imide groups is 1. The molecule has 0 aromatic carbocycles. The van der Waals surface area contributed by atoms with Crippen LogP contribution in [0.25, 0.3) is 0 Å². The topological polar surface area (TPSA) is 96.5 Å². The van der Waals surface area contributed by atoms with Gasteiger partial charge in [0.1, 0.15) is 6.04 Å². The van der Waals surface area contributed by atoms with Gasteiger partial charge in [-0.05, 0) is 37.5 Å². The second kappa shape index (κ2) is 9.80. The number of piperidine rings is 1. The van der Waals surface area contributed by atoms with Gasteiger partial charge in [-0.1, -0.05) is 39.3 Å². The van der Waals surface area contributed by atoms with Gasteiger partial charge >= 0.3 is 12.0 Å². The van der Waals surface area contributed by atoms with E-state index in [4.69, 9.17) is 9.68 Å². The molecule has 172 valence electrons. The lowest BCUT2D eigenvalue weighted by atomic mass is 9.91. The van der Waals surface area contributed by atoms with Crippen LogP contribution in [0.4, 0.5) is 4.79 Å². The van der Waals surface area contributed by atoms with Gasteiger partial charge in [0, 0.05) is 19.4 Å². The fraction of sp³-hybridized carbons (Fsp3) is 0.727. The number of amides is 4. The largest absolute Gasteiger partial charge is 0.355 e. The van der Waals surface area contributed by atoms with Gasteiger partial charge in [-0.3, -0.25) is 14.4 Å². The Hall–Kier alpha value is -2.42. The summed E-state index contributed by atoms with van der Waals surface area (Å²) >= 11 is 0. The van der Waals surface area contributed by atoms with Crippen molar-refractivity contribution in [3.63, 3.8) is 0 Å². The van der Waals surface area contributed by atoms with Crippen molar-refractivity contribution in [3.8, 4) is 0 Å². The third-order valence-corrected chi connectivity index (χ3v) is 6.35. The van der Waals surface area contributed by atoms with Crippen LogP contribution in [0.1, 0.15) is 59.8 Å². The first-order valence-electron chi connectivity index (χ1n) is 11.2. The molecular formula is C22H33N3O6. The van der Waals surface area contributed by atoms with Gasteiger partial charge in [0.2, 0.25) is 0 Å². The molecule has 2 heterocycles. The van der Waals surface area contributed by atoms with Crippen molar-refractivity contribution >= 4 is 23.8 Å². The van der Waals surface area contributed by atoms with Crippen LogP contribution in [0.2, 0.25) is 0 Å². The zero-order valence-electron chi connectivity index (χ0n) is 18.8. The smallest absolute Gasteiger partial charge is 0.328 e. The van der Waals surface area contributed by atoms with Crippen molar-refractivity contribution in [2.24, 2.45) is 17.8 Å². The van der Waals surface area contributed by atoms with Crippen molar-refractivity contribution in [1.82, 2.24) is 15.0 Å². The fourth-order valence-electron chi connectivity index (χ4n) is 4.42. The summed E-state index contributed by atoms with van der Waals surface area (Å²) in [4.78, 5) is 62.9. The summed E-state index contributed by atoms with van der Waals surface area (Å²) in [6.45, 7) is 7.83. The van der Waals surface area contributed by atoms with Crippen LogP contribution in [0, 0.1) is 17.8 Å². The average Bonchev–Trinajstić information content (AvgIpc) is 3.27. The monoisotopic (exact) mass is 435 g/mol. The number of fused-ring (bicyclic) bond motifs is 2. The molecule has 0 saturated carbocycles. The van der Waals surface area contributed by atoms with Crippen LogP contribution in [-0.4, -0.2) is 64.1 Å². The second-order valence-electron chi connectivity index (χ2n) is 8.81. The third kappa shape index (κ3) is 4.92. The molecule has 31 heavy (non-hydrogen) atoms. The van der Waals surface area contributed by atoms with E-state index in [9.17, 15) is 19.2 Å². The number of hydrogen-bond acceptors (Lipinski definition) is 6. The standard InChI is InChI=1S/C22H33N3O6/c1-5-6-11-30-25-18-9-10-19(23(13-18)22(25)29)21(28)31-24(16(4)26)20(27)15(3)17-8-7-14(2)12-17/h7-8,14-15,17-19H,5-6,9-13H2,1-4H3/t14-,15?,17+,18?,19-/m0/s1. The number of rotatable bonds is 7. The van der Waals surface area contributed by atoms with Gasteiger partial charge in [0.05, 0.1) is 12.6 Å². The zero-order chi connectivity index (χ0) is 22.7. The van der Waals surface area contributed by atoms with Gasteiger partial charge in [-0.2, -0.15) is 5.06 Å². The Bertz CT molecular complexity index is 754. The molecule has 0 aromatic heterocycles. The van der Waals surface area contributed by atoms with Crippen molar-refractivity contribution in [2.75, 3.05) is 13.2 Å². The number of carbonyl (C=O) groups excluding carboxylic acids is 4. The van der Waals surface area contributed by atoms with Crippen molar-refractivity contribution in [2.45, 2.75) is 71.9 Å². The van der Waals surface area contributed by atoms with Crippen LogP contribution in [0.15, 0.2) is 12.2 Å². The quantitative estimate of drug-likeness (QED) is 0.347. The minimum Gasteiger partial charge on any atom is -0.328 e. The van der Waals surface area contributed by atoms with Crippen LogP contribution in [0.5, 0.6) is 0 Å². The van der Waals surface area contributed by atoms with E-state index in [0.717, 1.165) is 19.3 Å².